The molecule has 1 saturated heterocycles. The number of rotatable bonds is 6. The molecule has 0 saturated carbocycles. The van der Waals surface area contributed by atoms with Crippen LogP contribution < -0.4 is 10.1 Å². The first-order chi connectivity index (χ1) is 13.1. The van der Waals surface area contributed by atoms with E-state index in [0.717, 1.165) is 28.6 Å². The highest BCUT2D eigenvalue weighted by Crippen LogP contribution is 2.26. The van der Waals surface area contributed by atoms with Crippen molar-refractivity contribution in [3.05, 3.63) is 64.1 Å². The fraction of sp³-hybridized carbons (Fsp3) is 0.333. The Morgan fingerprint density at radius 2 is 1.89 bits per heavy atom. The topological polar surface area (TPSA) is 58.6 Å². The Hall–Kier alpha value is -2.34. The number of amides is 2. The lowest BCUT2D eigenvalue weighted by Crippen LogP contribution is -2.52. The van der Waals surface area contributed by atoms with E-state index in [1.165, 1.54) is 5.56 Å². The summed E-state index contributed by atoms with van der Waals surface area (Å²) < 4.78 is 6.11. The van der Waals surface area contributed by atoms with Crippen LogP contribution in [0.25, 0.3) is 0 Å². The van der Waals surface area contributed by atoms with Gasteiger partial charge in [-0.3, -0.25) is 9.59 Å². The summed E-state index contributed by atoms with van der Waals surface area (Å²) in [6.07, 6.45) is 1.99. The third-order valence-electron chi connectivity index (χ3n) is 4.73. The van der Waals surface area contributed by atoms with Crippen molar-refractivity contribution in [2.45, 2.75) is 25.3 Å². The molecule has 1 aliphatic heterocycles. The van der Waals surface area contributed by atoms with Gasteiger partial charge >= 0.3 is 0 Å². The molecule has 1 fully saturated rings. The number of aryl methyl sites for hydroxylation is 1. The van der Waals surface area contributed by atoms with Crippen molar-refractivity contribution in [2.24, 2.45) is 0 Å². The van der Waals surface area contributed by atoms with Gasteiger partial charge in [-0.25, -0.2) is 0 Å². The van der Waals surface area contributed by atoms with E-state index < -0.39 is 6.04 Å². The SMILES string of the molecule is COc1ccc(CCCC(=O)N2CCNC(=O)C2c2ccc(Br)cc2)cc1. The second-order valence-corrected chi connectivity index (χ2v) is 7.45. The largest absolute Gasteiger partial charge is 0.497 e. The number of carbonyl (C=O) groups is 2. The highest BCUT2D eigenvalue weighted by Gasteiger charge is 2.33. The molecule has 6 heteroatoms. The molecule has 0 bridgehead atoms. The maximum atomic E-state index is 12.8. The zero-order valence-corrected chi connectivity index (χ0v) is 16.9. The smallest absolute Gasteiger partial charge is 0.247 e. The van der Waals surface area contributed by atoms with Crippen LogP contribution in [0.4, 0.5) is 0 Å². The Morgan fingerprint density at radius 1 is 1.19 bits per heavy atom. The lowest BCUT2D eigenvalue weighted by molar-refractivity contribution is -0.143. The Balaban J connectivity index is 1.62. The molecule has 0 spiro atoms. The summed E-state index contributed by atoms with van der Waals surface area (Å²) in [5.41, 5.74) is 2.00. The normalized spacial score (nSPS) is 16.7. The molecular formula is C21H23BrN2O3. The predicted molar refractivity (Wildman–Crippen MR) is 108 cm³/mol. The summed E-state index contributed by atoms with van der Waals surface area (Å²) in [4.78, 5) is 26.9. The van der Waals surface area contributed by atoms with Gasteiger partial charge in [-0.1, -0.05) is 40.2 Å². The number of hydrogen-bond acceptors (Lipinski definition) is 3. The third-order valence-corrected chi connectivity index (χ3v) is 5.26. The highest BCUT2D eigenvalue weighted by molar-refractivity contribution is 9.10. The molecule has 3 rings (SSSR count). The van der Waals surface area contributed by atoms with E-state index in [1.807, 2.05) is 48.5 Å². The van der Waals surface area contributed by atoms with E-state index in [9.17, 15) is 9.59 Å². The average Bonchev–Trinajstić information content (AvgIpc) is 2.69. The minimum Gasteiger partial charge on any atom is -0.497 e. The van der Waals surface area contributed by atoms with Crippen LogP contribution in [0.2, 0.25) is 0 Å². The molecule has 0 aliphatic carbocycles. The first-order valence-electron chi connectivity index (χ1n) is 9.04. The van der Waals surface area contributed by atoms with E-state index in [0.29, 0.717) is 19.5 Å². The number of ether oxygens (including phenoxy) is 1. The predicted octanol–water partition coefficient (Wildman–Crippen LogP) is 3.48. The molecule has 27 heavy (non-hydrogen) atoms. The van der Waals surface area contributed by atoms with Crippen molar-refractivity contribution < 1.29 is 14.3 Å². The minimum absolute atomic E-state index is 0.0197. The monoisotopic (exact) mass is 430 g/mol. The minimum atomic E-state index is -0.555. The zero-order valence-electron chi connectivity index (χ0n) is 15.3. The van der Waals surface area contributed by atoms with Crippen LogP contribution in [0, 0.1) is 0 Å². The number of hydrogen-bond donors (Lipinski definition) is 1. The first kappa shape index (κ1) is 19.4. The summed E-state index contributed by atoms with van der Waals surface area (Å²) in [5.74, 6) is 0.727. The summed E-state index contributed by atoms with van der Waals surface area (Å²) in [6.45, 7) is 1.03. The molecule has 0 radical (unpaired) electrons. The Morgan fingerprint density at radius 3 is 2.56 bits per heavy atom. The van der Waals surface area contributed by atoms with Gasteiger partial charge in [0.05, 0.1) is 7.11 Å². The summed E-state index contributed by atoms with van der Waals surface area (Å²) in [5, 5.41) is 2.87. The average molecular weight is 431 g/mol. The molecule has 1 aliphatic rings. The number of nitrogens with one attached hydrogen (secondary N) is 1. The molecule has 142 valence electrons. The molecule has 1 heterocycles. The molecule has 1 atom stereocenters. The number of piperazine rings is 1. The summed E-state index contributed by atoms with van der Waals surface area (Å²) >= 11 is 3.41. The van der Waals surface area contributed by atoms with Gasteiger partial charge in [-0.15, -0.1) is 0 Å². The molecular weight excluding hydrogens is 408 g/mol. The summed E-state index contributed by atoms with van der Waals surface area (Å²) in [6, 6.07) is 14.9. The van der Waals surface area contributed by atoms with Gasteiger partial charge in [0, 0.05) is 24.0 Å². The van der Waals surface area contributed by atoms with Crippen LogP contribution >= 0.6 is 15.9 Å². The number of carbonyl (C=O) groups excluding carboxylic acids is 2. The second-order valence-electron chi connectivity index (χ2n) is 6.53. The Labute approximate surface area is 167 Å². The Kier molecular flexibility index (Phi) is 6.50. The molecule has 2 aromatic carbocycles. The lowest BCUT2D eigenvalue weighted by atomic mass is 10.0. The van der Waals surface area contributed by atoms with Crippen molar-refractivity contribution in [1.82, 2.24) is 10.2 Å². The summed E-state index contributed by atoms with van der Waals surface area (Å²) in [7, 11) is 1.64. The van der Waals surface area contributed by atoms with E-state index in [4.69, 9.17) is 4.74 Å². The van der Waals surface area contributed by atoms with Crippen LogP contribution in [-0.4, -0.2) is 36.9 Å². The molecule has 5 nitrogen and oxygen atoms in total. The first-order valence-corrected chi connectivity index (χ1v) is 9.83. The fourth-order valence-corrected chi connectivity index (χ4v) is 3.56. The second kappa shape index (κ2) is 9.04. The van der Waals surface area contributed by atoms with Crippen molar-refractivity contribution in [2.75, 3.05) is 20.2 Å². The van der Waals surface area contributed by atoms with Gasteiger partial charge in [-0.2, -0.15) is 0 Å². The maximum absolute atomic E-state index is 12.8. The number of nitrogens with zero attached hydrogens (tertiary/aromatic N) is 1. The van der Waals surface area contributed by atoms with Crippen molar-refractivity contribution in [3.63, 3.8) is 0 Å². The highest BCUT2D eigenvalue weighted by atomic mass is 79.9. The zero-order chi connectivity index (χ0) is 19.2. The van der Waals surface area contributed by atoms with Crippen molar-refractivity contribution >= 4 is 27.7 Å². The molecule has 1 N–H and O–H groups in total. The van der Waals surface area contributed by atoms with Gasteiger partial charge < -0.3 is 15.0 Å². The van der Waals surface area contributed by atoms with Crippen molar-refractivity contribution in [3.8, 4) is 5.75 Å². The third kappa shape index (κ3) is 4.89. The van der Waals surface area contributed by atoms with E-state index in [2.05, 4.69) is 21.2 Å². The van der Waals surface area contributed by atoms with Crippen LogP contribution in [0.3, 0.4) is 0 Å². The van der Waals surface area contributed by atoms with E-state index >= 15 is 0 Å². The van der Waals surface area contributed by atoms with Crippen LogP contribution in [0.15, 0.2) is 53.0 Å². The maximum Gasteiger partial charge on any atom is 0.247 e. The van der Waals surface area contributed by atoms with Gasteiger partial charge in [0.1, 0.15) is 11.8 Å². The van der Waals surface area contributed by atoms with Gasteiger partial charge in [0.25, 0.3) is 0 Å². The van der Waals surface area contributed by atoms with Crippen LogP contribution in [-0.2, 0) is 16.0 Å². The van der Waals surface area contributed by atoms with E-state index in [1.54, 1.807) is 12.0 Å². The number of halogens is 1. The standard InChI is InChI=1S/C21H23BrN2O3/c1-27-18-11-5-15(6-12-18)3-2-4-19(25)24-14-13-23-21(26)20(24)16-7-9-17(22)10-8-16/h5-12,20H,2-4,13-14H2,1H3,(H,23,26). The van der Waals surface area contributed by atoms with Gasteiger partial charge in [-0.05, 0) is 48.2 Å². The molecule has 2 aromatic rings. The molecule has 2 amide bonds. The lowest BCUT2D eigenvalue weighted by Gasteiger charge is -2.35. The molecule has 1 unspecified atom stereocenters. The van der Waals surface area contributed by atoms with Crippen molar-refractivity contribution in [1.29, 1.82) is 0 Å². The van der Waals surface area contributed by atoms with Gasteiger partial charge in [0.15, 0.2) is 0 Å². The van der Waals surface area contributed by atoms with Crippen LogP contribution in [0.1, 0.15) is 30.0 Å². The quantitative estimate of drug-likeness (QED) is 0.762. The Bertz CT molecular complexity index is 790. The van der Waals surface area contributed by atoms with E-state index in [-0.39, 0.29) is 11.8 Å². The number of benzene rings is 2. The van der Waals surface area contributed by atoms with Gasteiger partial charge in [0.2, 0.25) is 11.8 Å². The molecule has 0 aromatic heterocycles. The fourth-order valence-electron chi connectivity index (χ4n) is 3.29. The number of methoxy groups -OCH3 is 1. The van der Waals surface area contributed by atoms with Crippen LogP contribution in [0.5, 0.6) is 5.75 Å².